The van der Waals surface area contributed by atoms with Gasteiger partial charge in [0.2, 0.25) is 0 Å². The minimum atomic E-state index is 0.309. The van der Waals surface area contributed by atoms with Gasteiger partial charge < -0.3 is 62.2 Å². The van der Waals surface area contributed by atoms with Crippen LogP contribution in [0.2, 0.25) is 40.2 Å². The van der Waals surface area contributed by atoms with Gasteiger partial charge in [0.25, 0.3) is 0 Å². The quantitative estimate of drug-likeness (QED) is 0.0538. The molecule has 2 fully saturated rings. The molecule has 0 atom stereocenters. The summed E-state index contributed by atoms with van der Waals surface area (Å²) in [5.74, 6) is 0. The molecule has 14 rings (SSSR count). The highest BCUT2D eigenvalue weighted by atomic mass is 35.5. The number of aromatic nitrogens is 8. The number of hydrogen-bond acceptors (Lipinski definition) is 12. The van der Waals surface area contributed by atoms with Crippen molar-refractivity contribution in [3.05, 3.63) is 210 Å². The average molecular weight is 1390 g/mol. The van der Waals surface area contributed by atoms with Gasteiger partial charge >= 0.3 is 0 Å². The van der Waals surface area contributed by atoms with E-state index in [0.29, 0.717) is 89.8 Å². The molecule has 8 heterocycles. The molecule has 2 aliphatic rings. The van der Waals surface area contributed by atoms with Crippen LogP contribution in [0, 0.1) is 0 Å². The second-order valence-electron chi connectivity index (χ2n) is 22.4. The van der Waals surface area contributed by atoms with Gasteiger partial charge in [-0.2, -0.15) is 0 Å². The largest absolute Gasteiger partial charge is 0.395 e. The van der Waals surface area contributed by atoms with Crippen molar-refractivity contribution in [2.45, 2.75) is 96.1 Å². The molecular weight excluding hydrogens is 1320 g/mol. The van der Waals surface area contributed by atoms with Gasteiger partial charge in [0, 0.05) is 227 Å². The number of nitrogens with zero attached hydrogens (tertiary/aromatic N) is 8. The molecule has 476 valence electrons. The summed E-state index contributed by atoms with van der Waals surface area (Å²) in [6, 6.07) is 22.9. The van der Waals surface area contributed by atoms with Gasteiger partial charge in [-0.25, -0.2) is 19.9 Å². The van der Waals surface area contributed by atoms with Gasteiger partial charge in [-0.1, -0.05) is 149 Å². The smallest absolute Gasteiger partial charge is 0.160 e. The normalized spacial score (nSPS) is 13.4. The molecule has 0 spiro atoms. The Labute approximate surface area is 573 Å². The van der Waals surface area contributed by atoms with Gasteiger partial charge in [0.1, 0.15) is 0 Å². The highest BCUT2D eigenvalue weighted by molar-refractivity contribution is 6.38. The van der Waals surface area contributed by atoms with E-state index in [1.165, 1.54) is 57.8 Å². The van der Waals surface area contributed by atoms with Gasteiger partial charge in [-0.15, -0.1) is 0 Å². The Kier molecular flexibility index (Phi) is 21.6. The maximum atomic E-state index is 6.49. The second kappa shape index (κ2) is 30.0. The van der Waals surface area contributed by atoms with Crippen molar-refractivity contribution in [3.63, 3.8) is 0 Å². The summed E-state index contributed by atoms with van der Waals surface area (Å²) in [4.78, 5) is 17.7. The van der Waals surface area contributed by atoms with Gasteiger partial charge in [0.15, 0.2) is 22.6 Å². The molecule has 0 bridgehead atoms. The first kappa shape index (κ1) is 66.5. The van der Waals surface area contributed by atoms with Crippen LogP contribution >= 0.6 is 92.8 Å². The van der Waals surface area contributed by atoms with E-state index in [-0.39, 0.29) is 0 Å². The second-order valence-corrected chi connectivity index (χ2v) is 25.8. The Hall–Kier alpha value is -7.00. The molecule has 0 unspecified atom stereocenters. The fourth-order valence-electron chi connectivity index (χ4n) is 12.3. The van der Waals surface area contributed by atoms with Crippen molar-refractivity contribution in [1.82, 2.24) is 37.5 Å². The Bertz CT molecular complexity index is 4600. The summed E-state index contributed by atoms with van der Waals surface area (Å²) in [7, 11) is 1.86. The molecule has 0 aliphatic heterocycles. The number of imidazole rings is 4. The number of rotatable bonds is 13. The van der Waals surface area contributed by atoms with E-state index < -0.39 is 0 Å². The fourth-order valence-corrected chi connectivity index (χ4v) is 14.4. The van der Waals surface area contributed by atoms with Crippen LogP contribution in [0.3, 0.4) is 0 Å². The number of halogens is 8. The lowest BCUT2D eigenvalue weighted by Crippen LogP contribution is -2.24. The van der Waals surface area contributed by atoms with Crippen molar-refractivity contribution in [3.8, 4) is 44.5 Å². The zero-order valence-corrected chi connectivity index (χ0v) is 56.2. The molecular formula is C68H68Cl8N16. The third kappa shape index (κ3) is 14.2. The first-order chi connectivity index (χ1) is 44.6. The zero-order valence-electron chi connectivity index (χ0n) is 50.2. The van der Waals surface area contributed by atoms with Crippen molar-refractivity contribution < 1.29 is 0 Å². The SMILES string of the molecule is CNc1c(CN)c(-c2ccc(Cl)cc2Cl)cn2ccnc12.NCc1c(-c2ccc(Cl)cc2Cl)cn2ccnc2c1N.NCc1c(-c2ccc(Cl)cc2Cl)cn2ccnc2c1NC1CCCC1.NCc1c(-c2ccc(Cl)cc2Cl)cn2ccnc2c1NC1CCCCC1. The molecule has 13 N–H and O–H groups in total. The Balaban J connectivity index is 0.000000126. The van der Waals surface area contributed by atoms with E-state index in [0.717, 1.165) is 101 Å². The van der Waals surface area contributed by atoms with E-state index >= 15 is 0 Å². The van der Waals surface area contributed by atoms with Crippen molar-refractivity contribution in [2.24, 2.45) is 22.9 Å². The number of benzene rings is 4. The number of anilines is 4. The Morgan fingerprint density at radius 3 is 0.978 bits per heavy atom. The van der Waals surface area contributed by atoms with E-state index in [9.17, 15) is 0 Å². The third-order valence-corrected chi connectivity index (χ3v) is 19.0. The standard InChI is InChI=1S/C20H22Cl2N4.C19H20Cl2N4.C15H14Cl2N4.C14H12Cl2N4/c21-13-6-7-15(18(22)10-13)17-12-26-9-8-24-20(26)19(16(17)11-23)25-14-4-2-1-3-5-14;20-12-5-6-14(17(21)9-12)16-11-25-8-7-23-19(25)18(15(16)10-22)24-13-3-1-2-4-13;1-19-14-11(7-18)12(8-21-5-4-20-15(14)21)10-3-2-9(16)6-13(10)17;15-8-1-2-9(12(16)5-8)11-7-20-4-3-19-14(20)13(18)10(11)6-17/h6-10,12,14,25H,1-5,11,23H2;5-9,11,13,24H,1-4,10,22H2;2-6,8,19H,7,18H2,1H3;1-5,7H,6,17-18H2. The molecule has 16 nitrogen and oxygen atoms in total. The Morgan fingerprint density at radius 2 is 0.663 bits per heavy atom. The molecule has 2 aliphatic carbocycles. The number of fused-ring (bicyclic) bond motifs is 4. The lowest BCUT2D eigenvalue weighted by Gasteiger charge is -2.26. The monoisotopic (exact) mass is 1390 g/mol. The van der Waals surface area contributed by atoms with E-state index in [4.69, 9.17) is 121 Å². The molecule has 2 saturated carbocycles. The topological polar surface area (TPSA) is 235 Å². The van der Waals surface area contributed by atoms with Crippen LogP contribution in [0.15, 0.2) is 147 Å². The molecule has 8 aromatic heterocycles. The van der Waals surface area contributed by atoms with E-state index in [2.05, 4.69) is 35.9 Å². The number of pyridine rings is 4. The minimum absolute atomic E-state index is 0.309. The fraction of sp³-hybridized carbons (Fsp3) is 0.235. The van der Waals surface area contributed by atoms with Crippen LogP contribution in [0.5, 0.6) is 0 Å². The summed E-state index contributed by atoms with van der Waals surface area (Å²) in [5, 5.41) is 15.5. The first-order valence-corrected chi connectivity index (χ1v) is 33.2. The maximum Gasteiger partial charge on any atom is 0.160 e. The molecule has 12 aromatic rings. The Morgan fingerprint density at radius 1 is 0.380 bits per heavy atom. The predicted octanol–water partition coefficient (Wildman–Crippen LogP) is 17.8. The van der Waals surface area contributed by atoms with Crippen molar-refractivity contribution >= 4 is 138 Å². The van der Waals surface area contributed by atoms with Gasteiger partial charge in [-0.3, -0.25) is 0 Å². The molecule has 0 saturated heterocycles. The van der Waals surface area contributed by atoms with Crippen LogP contribution < -0.4 is 44.6 Å². The van der Waals surface area contributed by atoms with E-state index in [1.54, 1.807) is 42.7 Å². The van der Waals surface area contributed by atoms with Crippen LogP contribution in [-0.4, -0.2) is 56.7 Å². The number of nitrogen functional groups attached to an aromatic ring is 1. The lowest BCUT2D eigenvalue weighted by atomic mass is 9.94. The summed E-state index contributed by atoms with van der Waals surface area (Å²) in [6.45, 7) is 1.51. The summed E-state index contributed by atoms with van der Waals surface area (Å²) >= 11 is 49.6. The maximum absolute atomic E-state index is 6.49. The molecule has 24 heteroatoms. The van der Waals surface area contributed by atoms with Crippen LogP contribution in [0.4, 0.5) is 22.7 Å². The average Bonchev–Trinajstić information content (AvgIpc) is 1.38. The molecule has 4 aromatic carbocycles. The number of nitrogens with two attached hydrogens (primary N) is 5. The highest BCUT2D eigenvalue weighted by Crippen LogP contribution is 2.42. The van der Waals surface area contributed by atoms with Crippen LogP contribution in [0.25, 0.3) is 67.1 Å². The molecule has 0 radical (unpaired) electrons. The third-order valence-electron chi connectivity index (χ3n) is 16.8. The van der Waals surface area contributed by atoms with Crippen molar-refractivity contribution in [2.75, 3.05) is 28.7 Å². The molecule has 92 heavy (non-hydrogen) atoms. The summed E-state index contributed by atoms with van der Waals surface area (Å²) in [6.07, 6.45) is 33.8. The number of nitrogens with one attached hydrogen (secondary N) is 3. The number of hydrogen-bond donors (Lipinski definition) is 8. The lowest BCUT2D eigenvalue weighted by molar-refractivity contribution is 0.462. The van der Waals surface area contributed by atoms with Crippen LogP contribution in [0.1, 0.15) is 80.0 Å². The van der Waals surface area contributed by atoms with Crippen LogP contribution in [-0.2, 0) is 26.2 Å². The predicted molar refractivity (Wildman–Crippen MR) is 384 cm³/mol. The first-order valence-electron chi connectivity index (χ1n) is 30.1. The molecule has 0 amide bonds. The van der Waals surface area contributed by atoms with Gasteiger partial charge in [-0.05, 0) is 74.2 Å². The summed E-state index contributed by atoms with van der Waals surface area (Å²) in [5.41, 5.74) is 48.5. The highest BCUT2D eigenvalue weighted by Gasteiger charge is 2.25. The van der Waals surface area contributed by atoms with Crippen molar-refractivity contribution in [1.29, 1.82) is 0 Å². The summed E-state index contributed by atoms with van der Waals surface area (Å²) < 4.78 is 7.86. The van der Waals surface area contributed by atoms with E-state index in [1.807, 2.05) is 129 Å². The minimum Gasteiger partial charge on any atom is -0.395 e. The zero-order chi connectivity index (χ0) is 64.7. The van der Waals surface area contributed by atoms with Gasteiger partial charge in [0.05, 0.1) is 22.7 Å².